The number of halogens is 1. The number of carbonyl (C=O) groups is 2. The summed E-state index contributed by atoms with van der Waals surface area (Å²) in [5.74, 6) is -0.356. The minimum Gasteiger partial charge on any atom is -0.388 e. The summed E-state index contributed by atoms with van der Waals surface area (Å²) in [6, 6.07) is 5.88. The molecule has 5 rings (SSSR count). The molecular formula is C26H31FN6O4. The summed E-state index contributed by atoms with van der Waals surface area (Å²) in [6.45, 7) is 2.43. The molecule has 0 unspecified atom stereocenters. The number of likely N-dealkylation sites (tertiary alicyclic amines) is 1. The Kier molecular flexibility index (Phi) is 6.80. The van der Waals surface area contributed by atoms with Gasteiger partial charge in [-0.2, -0.15) is 5.10 Å². The molecule has 37 heavy (non-hydrogen) atoms. The standard InChI is InChI=1S/C26H31FN6O4/c1-17(34)30-20-6-2-18(3-7-20)24(35)31-12-10-26(37,11-13-31)15-32-16-28-23-22(25(32)36)14-29-33(23)21-8-4-19(27)5-9-21/h4-5,8-9,14,16,18,20,37H,2-3,6-7,10-13,15H2,1H3,(H,30,34). The maximum atomic E-state index is 13.3. The van der Waals surface area contributed by atoms with Crippen LogP contribution in [-0.4, -0.2) is 65.9 Å². The van der Waals surface area contributed by atoms with Gasteiger partial charge in [0.15, 0.2) is 5.65 Å². The highest BCUT2D eigenvalue weighted by molar-refractivity contribution is 5.79. The van der Waals surface area contributed by atoms with Crippen LogP contribution in [0.4, 0.5) is 4.39 Å². The zero-order valence-corrected chi connectivity index (χ0v) is 20.8. The van der Waals surface area contributed by atoms with Crippen LogP contribution in [0, 0.1) is 11.7 Å². The maximum Gasteiger partial charge on any atom is 0.264 e. The minimum absolute atomic E-state index is 0.0414. The van der Waals surface area contributed by atoms with Gasteiger partial charge in [-0.25, -0.2) is 14.1 Å². The summed E-state index contributed by atoms with van der Waals surface area (Å²) in [6.07, 6.45) is 6.63. The number of aliphatic hydroxyl groups is 1. The largest absolute Gasteiger partial charge is 0.388 e. The van der Waals surface area contributed by atoms with E-state index in [4.69, 9.17) is 0 Å². The zero-order chi connectivity index (χ0) is 26.2. The second-order valence-corrected chi connectivity index (χ2v) is 10.2. The number of hydrogen-bond donors (Lipinski definition) is 2. The number of hydrogen-bond acceptors (Lipinski definition) is 6. The highest BCUT2D eigenvalue weighted by Gasteiger charge is 2.37. The molecule has 1 aliphatic heterocycles. The minimum atomic E-state index is -1.13. The third-order valence-electron chi connectivity index (χ3n) is 7.58. The Morgan fingerprint density at radius 1 is 1.14 bits per heavy atom. The third-order valence-corrected chi connectivity index (χ3v) is 7.58. The molecule has 2 N–H and O–H groups in total. The summed E-state index contributed by atoms with van der Waals surface area (Å²) in [5.41, 5.74) is -0.513. The molecule has 0 atom stereocenters. The van der Waals surface area contributed by atoms with Crippen molar-refractivity contribution in [2.75, 3.05) is 13.1 Å². The molecule has 1 aliphatic carbocycles. The van der Waals surface area contributed by atoms with Crippen LogP contribution in [0.5, 0.6) is 0 Å². The van der Waals surface area contributed by atoms with E-state index in [0.717, 1.165) is 25.7 Å². The van der Waals surface area contributed by atoms with Crippen molar-refractivity contribution in [2.24, 2.45) is 5.92 Å². The van der Waals surface area contributed by atoms with Crippen LogP contribution in [0.2, 0.25) is 0 Å². The van der Waals surface area contributed by atoms with E-state index in [0.29, 0.717) is 42.7 Å². The van der Waals surface area contributed by atoms with E-state index in [1.807, 2.05) is 4.90 Å². The number of nitrogens with one attached hydrogen (secondary N) is 1. The quantitative estimate of drug-likeness (QED) is 0.540. The number of piperidine rings is 1. The lowest BCUT2D eigenvalue weighted by Crippen LogP contribution is -2.51. The maximum absolute atomic E-state index is 13.3. The average Bonchev–Trinajstić information content (AvgIpc) is 3.31. The molecule has 0 radical (unpaired) electrons. The van der Waals surface area contributed by atoms with Crippen LogP contribution < -0.4 is 10.9 Å². The van der Waals surface area contributed by atoms with Gasteiger partial charge >= 0.3 is 0 Å². The van der Waals surface area contributed by atoms with Gasteiger partial charge in [-0.15, -0.1) is 0 Å². The Hall–Kier alpha value is -3.60. The van der Waals surface area contributed by atoms with Gasteiger partial charge in [0.25, 0.3) is 5.56 Å². The Labute approximate surface area is 213 Å². The van der Waals surface area contributed by atoms with Gasteiger partial charge in [0, 0.05) is 32.0 Å². The highest BCUT2D eigenvalue weighted by Crippen LogP contribution is 2.30. The van der Waals surface area contributed by atoms with E-state index in [-0.39, 0.29) is 41.7 Å². The average molecular weight is 511 g/mol. The van der Waals surface area contributed by atoms with E-state index >= 15 is 0 Å². The Morgan fingerprint density at radius 2 is 1.81 bits per heavy atom. The van der Waals surface area contributed by atoms with E-state index in [9.17, 15) is 23.9 Å². The van der Waals surface area contributed by atoms with Crippen LogP contribution in [0.25, 0.3) is 16.7 Å². The van der Waals surface area contributed by atoms with Crippen molar-refractivity contribution >= 4 is 22.8 Å². The van der Waals surface area contributed by atoms with E-state index in [1.165, 1.54) is 40.8 Å². The Bertz CT molecular complexity index is 1350. The van der Waals surface area contributed by atoms with E-state index in [2.05, 4.69) is 15.4 Å². The lowest BCUT2D eigenvalue weighted by Gasteiger charge is -2.40. The predicted octanol–water partition coefficient (Wildman–Crippen LogP) is 1.77. The molecule has 2 fully saturated rings. The van der Waals surface area contributed by atoms with Crippen LogP contribution in [-0.2, 0) is 16.1 Å². The van der Waals surface area contributed by atoms with Crippen molar-refractivity contribution in [3.63, 3.8) is 0 Å². The molecule has 1 saturated heterocycles. The van der Waals surface area contributed by atoms with Crippen LogP contribution >= 0.6 is 0 Å². The number of aromatic nitrogens is 4. The molecule has 10 nitrogen and oxygen atoms in total. The number of fused-ring (bicyclic) bond motifs is 1. The molecule has 3 aromatic rings. The molecule has 2 amide bonds. The second kappa shape index (κ2) is 10.0. The molecule has 11 heteroatoms. The normalized spacial score (nSPS) is 21.6. The summed E-state index contributed by atoms with van der Waals surface area (Å²) in [4.78, 5) is 43.7. The fourth-order valence-corrected chi connectivity index (χ4v) is 5.48. The lowest BCUT2D eigenvalue weighted by molar-refractivity contribution is -0.141. The van der Waals surface area contributed by atoms with Crippen LogP contribution in [0.15, 0.2) is 41.6 Å². The first-order valence-corrected chi connectivity index (χ1v) is 12.7. The number of carbonyl (C=O) groups excluding carboxylic acids is 2. The van der Waals surface area contributed by atoms with E-state index < -0.39 is 5.60 Å². The number of benzene rings is 1. The molecule has 0 bridgehead atoms. The zero-order valence-electron chi connectivity index (χ0n) is 20.8. The first kappa shape index (κ1) is 25.1. The van der Waals surface area contributed by atoms with Crippen molar-refractivity contribution in [3.05, 3.63) is 53.0 Å². The number of rotatable bonds is 5. The monoisotopic (exact) mass is 510 g/mol. The van der Waals surface area contributed by atoms with Gasteiger partial charge in [0.05, 0.1) is 24.0 Å². The molecule has 0 spiro atoms. The first-order valence-electron chi connectivity index (χ1n) is 12.7. The SMILES string of the molecule is CC(=O)NC1CCC(C(=O)N2CCC(O)(Cn3cnc4c(cnn4-c4ccc(F)cc4)c3=O)CC2)CC1. The third kappa shape index (κ3) is 5.27. The van der Waals surface area contributed by atoms with Crippen molar-refractivity contribution in [2.45, 2.75) is 63.6 Å². The molecule has 2 aliphatic rings. The molecule has 2 aromatic heterocycles. The molecule has 3 heterocycles. The van der Waals surface area contributed by atoms with E-state index in [1.54, 1.807) is 12.1 Å². The Morgan fingerprint density at radius 3 is 2.46 bits per heavy atom. The number of amides is 2. The molecular weight excluding hydrogens is 479 g/mol. The van der Waals surface area contributed by atoms with Crippen molar-refractivity contribution < 1.29 is 19.1 Å². The highest BCUT2D eigenvalue weighted by atomic mass is 19.1. The summed E-state index contributed by atoms with van der Waals surface area (Å²) < 4.78 is 16.1. The lowest BCUT2D eigenvalue weighted by atomic mass is 9.84. The molecule has 1 aromatic carbocycles. The summed E-state index contributed by atoms with van der Waals surface area (Å²) in [7, 11) is 0. The van der Waals surface area contributed by atoms with Gasteiger partial charge in [-0.3, -0.25) is 19.0 Å². The second-order valence-electron chi connectivity index (χ2n) is 10.2. The molecule has 1 saturated carbocycles. The topological polar surface area (TPSA) is 122 Å². The van der Waals surface area contributed by atoms with Gasteiger partial charge in [-0.1, -0.05) is 0 Å². The molecule has 196 valence electrons. The van der Waals surface area contributed by atoms with Gasteiger partial charge < -0.3 is 15.3 Å². The van der Waals surface area contributed by atoms with Gasteiger partial charge in [0.1, 0.15) is 17.5 Å². The Balaban J connectivity index is 1.22. The van der Waals surface area contributed by atoms with Crippen molar-refractivity contribution in [3.8, 4) is 5.69 Å². The fraction of sp³-hybridized carbons (Fsp3) is 0.500. The summed E-state index contributed by atoms with van der Waals surface area (Å²) >= 11 is 0. The van der Waals surface area contributed by atoms with Gasteiger partial charge in [-0.05, 0) is 62.8 Å². The van der Waals surface area contributed by atoms with Crippen LogP contribution in [0.1, 0.15) is 45.4 Å². The van der Waals surface area contributed by atoms with Crippen LogP contribution in [0.3, 0.4) is 0 Å². The van der Waals surface area contributed by atoms with Gasteiger partial charge in [0.2, 0.25) is 11.8 Å². The number of nitrogens with zero attached hydrogens (tertiary/aromatic N) is 5. The fourth-order valence-electron chi connectivity index (χ4n) is 5.48. The van der Waals surface area contributed by atoms with Crippen molar-refractivity contribution in [1.29, 1.82) is 0 Å². The summed E-state index contributed by atoms with van der Waals surface area (Å²) in [5, 5.41) is 18.7. The van der Waals surface area contributed by atoms with Crippen molar-refractivity contribution in [1.82, 2.24) is 29.5 Å². The predicted molar refractivity (Wildman–Crippen MR) is 133 cm³/mol. The smallest absolute Gasteiger partial charge is 0.264 e. The first-order chi connectivity index (χ1) is 17.7.